The van der Waals surface area contributed by atoms with Crippen LogP contribution in [0.4, 0.5) is 5.69 Å². The first-order valence-corrected chi connectivity index (χ1v) is 8.06. The third-order valence-corrected chi connectivity index (χ3v) is 4.26. The van der Waals surface area contributed by atoms with Crippen LogP contribution in [0.25, 0.3) is 0 Å². The molecule has 0 heterocycles. The molecule has 1 amide bonds. The van der Waals surface area contributed by atoms with E-state index in [1.165, 1.54) is 31.2 Å². The Morgan fingerprint density at radius 1 is 1.32 bits per heavy atom. The monoisotopic (exact) mass is 345 g/mol. The van der Waals surface area contributed by atoms with Crippen molar-refractivity contribution >= 4 is 17.6 Å². The van der Waals surface area contributed by atoms with Crippen molar-refractivity contribution < 1.29 is 19.2 Å². The van der Waals surface area contributed by atoms with Gasteiger partial charge < -0.3 is 10.1 Å². The summed E-state index contributed by atoms with van der Waals surface area (Å²) in [6, 6.07) is 7.51. The molecule has 8 heteroatoms. The number of nitro groups is 1. The molecule has 25 heavy (non-hydrogen) atoms. The molecule has 1 saturated carbocycles. The highest BCUT2D eigenvalue weighted by Crippen LogP contribution is 2.27. The second-order valence-corrected chi connectivity index (χ2v) is 6.07. The molecule has 1 fully saturated rings. The van der Waals surface area contributed by atoms with E-state index in [1.54, 1.807) is 0 Å². The number of nitriles is 1. The fraction of sp³-hybridized carbons (Fsp3) is 0.471. The molecule has 1 aliphatic rings. The molecule has 2 rings (SSSR count). The Morgan fingerprint density at radius 2 is 1.96 bits per heavy atom. The van der Waals surface area contributed by atoms with Gasteiger partial charge in [0.05, 0.1) is 11.0 Å². The van der Waals surface area contributed by atoms with Gasteiger partial charge in [-0.05, 0) is 25.8 Å². The van der Waals surface area contributed by atoms with Crippen LogP contribution in [0.15, 0.2) is 24.3 Å². The Bertz CT molecular complexity index is 719. The maximum absolute atomic E-state index is 12.3. The van der Waals surface area contributed by atoms with Crippen LogP contribution >= 0.6 is 0 Å². The van der Waals surface area contributed by atoms with Crippen molar-refractivity contribution in [1.82, 2.24) is 5.32 Å². The van der Waals surface area contributed by atoms with Gasteiger partial charge in [-0.1, -0.05) is 31.4 Å². The van der Waals surface area contributed by atoms with Gasteiger partial charge in [-0.2, -0.15) is 5.26 Å². The number of hydrogen-bond acceptors (Lipinski definition) is 6. The lowest BCUT2D eigenvalue weighted by molar-refractivity contribution is -0.385. The zero-order valence-corrected chi connectivity index (χ0v) is 13.9. The first kappa shape index (κ1) is 18.4. The molecule has 0 spiro atoms. The van der Waals surface area contributed by atoms with E-state index in [1.807, 2.05) is 0 Å². The summed E-state index contributed by atoms with van der Waals surface area (Å²) in [7, 11) is 0. The number of nitrogens with zero attached hydrogens (tertiary/aromatic N) is 2. The number of carbonyl (C=O) groups is 2. The number of nitro benzene ring substituents is 1. The molecular formula is C17H19N3O5. The van der Waals surface area contributed by atoms with Gasteiger partial charge in [0, 0.05) is 6.07 Å². The molecule has 0 aromatic heterocycles. The number of benzene rings is 1. The van der Waals surface area contributed by atoms with Crippen LogP contribution in [0.2, 0.25) is 0 Å². The van der Waals surface area contributed by atoms with E-state index < -0.39 is 28.4 Å². The minimum Gasteiger partial charge on any atom is -0.449 e. The number of rotatable bonds is 5. The van der Waals surface area contributed by atoms with Crippen LogP contribution in [0, 0.1) is 21.4 Å². The van der Waals surface area contributed by atoms with E-state index >= 15 is 0 Å². The lowest BCUT2D eigenvalue weighted by Crippen LogP contribution is -2.52. The van der Waals surface area contributed by atoms with Crippen molar-refractivity contribution in [2.24, 2.45) is 0 Å². The predicted molar refractivity (Wildman–Crippen MR) is 87.5 cm³/mol. The smallest absolute Gasteiger partial charge is 0.345 e. The van der Waals surface area contributed by atoms with Gasteiger partial charge in [0.15, 0.2) is 6.10 Å². The lowest BCUT2D eigenvalue weighted by Gasteiger charge is -2.32. The highest BCUT2D eigenvalue weighted by atomic mass is 16.6. The Labute approximate surface area is 144 Å². The summed E-state index contributed by atoms with van der Waals surface area (Å²) in [5.74, 6) is -1.54. The minimum absolute atomic E-state index is 0.222. The molecule has 1 atom stereocenters. The van der Waals surface area contributed by atoms with Crippen molar-refractivity contribution in [2.75, 3.05) is 0 Å². The number of nitrogens with one attached hydrogen (secondary N) is 1. The van der Waals surface area contributed by atoms with Crippen molar-refractivity contribution in [2.45, 2.75) is 50.7 Å². The Kier molecular flexibility index (Phi) is 5.70. The average molecular weight is 345 g/mol. The Morgan fingerprint density at radius 3 is 2.56 bits per heavy atom. The fourth-order valence-electron chi connectivity index (χ4n) is 2.84. The largest absolute Gasteiger partial charge is 0.449 e. The van der Waals surface area contributed by atoms with Gasteiger partial charge in [0.2, 0.25) is 0 Å². The topological polar surface area (TPSA) is 122 Å². The molecule has 132 valence electrons. The third-order valence-electron chi connectivity index (χ3n) is 4.26. The van der Waals surface area contributed by atoms with Crippen molar-refractivity contribution in [3.8, 4) is 6.07 Å². The van der Waals surface area contributed by atoms with Gasteiger partial charge >= 0.3 is 5.97 Å². The van der Waals surface area contributed by atoms with E-state index in [-0.39, 0.29) is 11.3 Å². The first-order valence-electron chi connectivity index (χ1n) is 8.06. The summed E-state index contributed by atoms with van der Waals surface area (Å²) in [5.41, 5.74) is -1.55. The SMILES string of the molecule is CC(OC(=O)c1ccccc1[N+](=O)[O-])C(=O)NC1(C#N)CCCCC1. The molecular weight excluding hydrogens is 326 g/mol. The summed E-state index contributed by atoms with van der Waals surface area (Å²) >= 11 is 0. The third kappa shape index (κ3) is 4.32. The number of carbonyl (C=O) groups excluding carboxylic acids is 2. The summed E-state index contributed by atoms with van der Waals surface area (Å²) in [6.45, 7) is 1.37. The summed E-state index contributed by atoms with van der Waals surface area (Å²) in [4.78, 5) is 34.7. The molecule has 1 N–H and O–H groups in total. The maximum atomic E-state index is 12.3. The van der Waals surface area contributed by atoms with Gasteiger partial charge in [0.1, 0.15) is 11.1 Å². The zero-order valence-electron chi connectivity index (χ0n) is 13.9. The van der Waals surface area contributed by atoms with Gasteiger partial charge in [-0.25, -0.2) is 4.79 Å². The molecule has 0 bridgehead atoms. The van der Waals surface area contributed by atoms with Crippen LogP contribution in [0.3, 0.4) is 0 Å². The average Bonchev–Trinajstić information content (AvgIpc) is 2.62. The van der Waals surface area contributed by atoms with Gasteiger partial charge in [-0.3, -0.25) is 14.9 Å². The Hall–Kier alpha value is -2.95. The fourth-order valence-corrected chi connectivity index (χ4v) is 2.84. The number of esters is 1. The molecule has 0 saturated heterocycles. The zero-order chi connectivity index (χ0) is 18.4. The maximum Gasteiger partial charge on any atom is 0.345 e. The Balaban J connectivity index is 2.05. The van der Waals surface area contributed by atoms with Crippen LogP contribution < -0.4 is 5.32 Å². The van der Waals surface area contributed by atoms with Crippen LogP contribution in [-0.4, -0.2) is 28.4 Å². The van der Waals surface area contributed by atoms with Crippen LogP contribution in [-0.2, 0) is 9.53 Å². The quantitative estimate of drug-likeness (QED) is 0.497. The number of para-hydroxylation sites is 1. The van der Waals surface area contributed by atoms with E-state index in [2.05, 4.69) is 11.4 Å². The normalized spacial score (nSPS) is 17.0. The highest BCUT2D eigenvalue weighted by molar-refractivity contribution is 5.95. The molecule has 1 aromatic rings. The van der Waals surface area contributed by atoms with Crippen molar-refractivity contribution in [1.29, 1.82) is 5.26 Å². The van der Waals surface area contributed by atoms with E-state index in [0.29, 0.717) is 12.8 Å². The van der Waals surface area contributed by atoms with Gasteiger partial charge in [0.25, 0.3) is 11.6 Å². The molecule has 1 aromatic carbocycles. The molecule has 1 unspecified atom stereocenters. The second-order valence-electron chi connectivity index (χ2n) is 6.07. The number of ether oxygens (including phenoxy) is 1. The van der Waals surface area contributed by atoms with Crippen LogP contribution in [0.1, 0.15) is 49.4 Å². The highest BCUT2D eigenvalue weighted by Gasteiger charge is 2.35. The molecule has 1 aliphatic carbocycles. The minimum atomic E-state index is -1.17. The predicted octanol–water partition coefficient (Wildman–Crippen LogP) is 2.48. The molecule has 0 aliphatic heterocycles. The molecule has 8 nitrogen and oxygen atoms in total. The first-order chi connectivity index (χ1) is 11.9. The van der Waals surface area contributed by atoms with Crippen LogP contribution in [0.5, 0.6) is 0 Å². The van der Waals surface area contributed by atoms with E-state index in [0.717, 1.165) is 19.3 Å². The summed E-state index contributed by atoms with van der Waals surface area (Å²) in [5, 5.41) is 23.0. The number of amides is 1. The molecule has 0 radical (unpaired) electrons. The summed E-state index contributed by atoms with van der Waals surface area (Å²) in [6.07, 6.45) is 2.65. The lowest BCUT2D eigenvalue weighted by atomic mass is 9.83. The number of hydrogen-bond donors (Lipinski definition) is 1. The van der Waals surface area contributed by atoms with Crippen molar-refractivity contribution in [3.05, 3.63) is 39.9 Å². The standard InChI is InChI=1S/C17H19N3O5/c1-12(15(21)19-17(11-18)9-5-2-6-10-17)25-16(22)13-7-3-4-8-14(13)20(23)24/h3-4,7-8,12H,2,5-6,9-10H2,1H3,(H,19,21). The second kappa shape index (κ2) is 7.75. The summed E-state index contributed by atoms with van der Waals surface area (Å²) < 4.78 is 5.06. The van der Waals surface area contributed by atoms with E-state index in [4.69, 9.17) is 4.74 Å². The van der Waals surface area contributed by atoms with Crippen molar-refractivity contribution in [3.63, 3.8) is 0 Å². The van der Waals surface area contributed by atoms with E-state index in [9.17, 15) is 25.0 Å². The van der Waals surface area contributed by atoms with Gasteiger partial charge in [-0.15, -0.1) is 0 Å².